The average molecular weight is 915 g/mol. The monoisotopic (exact) mass is 914 g/mol. The first-order chi connectivity index (χ1) is 30.1. The van der Waals surface area contributed by atoms with Crippen molar-refractivity contribution < 1.29 is 89.0 Å². The van der Waals surface area contributed by atoms with Crippen molar-refractivity contribution in [3.8, 4) is 0 Å². The van der Waals surface area contributed by atoms with E-state index in [1.54, 1.807) is 13.0 Å². The highest BCUT2D eigenvalue weighted by molar-refractivity contribution is 5.62. The second-order valence-corrected chi connectivity index (χ2v) is 21.8. The summed E-state index contributed by atoms with van der Waals surface area (Å²) in [5.41, 5.74) is -2.58. The third kappa shape index (κ3) is 7.79. The van der Waals surface area contributed by atoms with Gasteiger partial charge in [0.25, 0.3) is 0 Å². The van der Waals surface area contributed by atoms with E-state index >= 15 is 0 Å². The van der Waals surface area contributed by atoms with Crippen LogP contribution in [0.3, 0.4) is 0 Å². The number of aliphatic hydroxyl groups is 10. The number of aliphatic hydroxyl groups excluding tert-OH is 9. The molecule has 8 fully saturated rings. The minimum atomic E-state index is -1.74. The molecule has 366 valence electrons. The SMILES string of the molecule is CC(=CC1CC(O)(C2CCC3(C)C2CCC2C4(C=O)CCC(OC5OCC(O)C(OC6OCC(O)C(O)C6O)C5OC5OC(C)C(O)C(O)C5O)C(C)(C)C4CCC23C)C(O)O1)CO. The second-order valence-electron chi connectivity index (χ2n) is 21.8. The summed E-state index contributed by atoms with van der Waals surface area (Å²) in [5, 5.41) is 108. The maximum absolute atomic E-state index is 13.9. The number of ether oxygens (including phenoxy) is 7. The molecular weight excluding hydrogens is 840 g/mol. The van der Waals surface area contributed by atoms with Crippen molar-refractivity contribution in [2.24, 2.45) is 45.3 Å². The van der Waals surface area contributed by atoms with Gasteiger partial charge in [0.1, 0.15) is 66.8 Å². The lowest BCUT2D eigenvalue weighted by molar-refractivity contribution is -0.383. The Morgan fingerprint density at radius 1 is 0.672 bits per heavy atom. The van der Waals surface area contributed by atoms with Crippen LogP contribution in [0.1, 0.15) is 99.3 Å². The minimum absolute atomic E-state index is 0.0261. The Morgan fingerprint density at radius 3 is 2.03 bits per heavy atom. The highest BCUT2D eigenvalue weighted by Gasteiger charge is 2.72. The summed E-state index contributed by atoms with van der Waals surface area (Å²) in [6.07, 6.45) is -12.7. The smallest absolute Gasteiger partial charge is 0.187 e. The molecule has 0 spiro atoms. The quantitative estimate of drug-likeness (QED) is 0.0770. The van der Waals surface area contributed by atoms with Gasteiger partial charge >= 0.3 is 0 Å². The molecule has 4 heterocycles. The highest BCUT2D eigenvalue weighted by atomic mass is 16.8. The van der Waals surface area contributed by atoms with E-state index in [0.717, 1.165) is 32.1 Å². The van der Waals surface area contributed by atoms with E-state index in [1.165, 1.54) is 13.2 Å². The van der Waals surface area contributed by atoms with Crippen LogP contribution in [0, 0.1) is 45.3 Å². The first kappa shape index (κ1) is 49.2. The fourth-order valence-corrected chi connectivity index (χ4v) is 14.5. The molecule has 0 aromatic rings. The molecule has 0 bridgehead atoms. The number of carbonyl (C=O) groups excluding carboxylic acids is 1. The van der Waals surface area contributed by atoms with Gasteiger partial charge in [0.05, 0.1) is 38.1 Å². The van der Waals surface area contributed by atoms with Crippen LogP contribution in [0.25, 0.3) is 0 Å². The first-order valence-electron chi connectivity index (χ1n) is 23.5. The molecule has 24 atom stereocenters. The summed E-state index contributed by atoms with van der Waals surface area (Å²) in [6, 6.07) is 0. The Morgan fingerprint density at radius 2 is 1.33 bits per heavy atom. The van der Waals surface area contributed by atoms with Gasteiger partial charge in [0.2, 0.25) is 0 Å². The van der Waals surface area contributed by atoms with E-state index in [-0.39, 0.29) is 60.7 Å². The molecule has 18 heteroatoms. The molecule has 24 unspecified atom stereocenters. The molecule has 0 aromatic heterocycles. The largest absolute Gasteiger partial charge is 0.392 e. The van der Waals surface area contributed by atoms with Crippen LogP contribution in [0.2, 0.25) is 0 Å². The Bertz CT molecular complexity index is 1700. The van der Waals surface area contributed by atoms with E-state index in [9.17, 15) is 55.9 Å². The molecule has 4 aliphatic heterocycles. The molecule has 8 rings (SSSR count). The molecule has 4 saturated carbocycles. The van der Waals surface area contributed by atoms with Gasteiger partial charge in [-0.15, -0.1) is 0 Å². The van der Waals surface area contributed by atoms with Crippen LogP contribution in [-0.4, -0.2) is 181 Å². The van der Waals surface area contributed by atoms with Crippen molar-refractivity contribution in [3.05, 3.63) is 11.6 Å². The highest BCUT2D eigenvalue weighted by Crippen LogP contribution is 2.76. The molecule has 64 heavy (non-hydrogen) atoms. The maximum Gasteiger partial charge on any atom is 0.187 e. The summed E-state index contributed by atoms with van der Waals surface area (Å²) in [5.74, 6) is -0.214. The zero-order chi connectivity index (χ0) is 46.5. The van der Waals surface area contributed by atoms with Gasteiger partial charge in [-0.25, -0.2) is 0 Å². The van der Waals surface area contributed by atoms with Gasteiger partial charge in [0.15, 0.2) is 25.2 Å². The average Bonchev–Trinajstić information content (AvgIpc) is 3.77. The van der Waals surface area contributed by atoms with Gasteiger partial charge in [-0.3, -0.25) is 0 Å². The van der Waals surface area contributed by atoms with Crippen molar-refractivity contribution >= 4 is 6.29 Å². The number of hydrogen-bond donors (Lipinski definition) is 10. The van der Waals surface area contributed by atoms with Crippen LogP contribution in [0.15, 0.2) is 11.6 Å². The van der Waals surface area contributed by atoms with Gasteiger partial charge in [0, 0.05) is 11.8 Å². The Hall–Kier alpha value is -1.27. The summed E-state index contributed by atoms with van der Waals surface area (Å²) in [4.78, 5) is 13.9. The predicted octanol–water partition coefficient (Wildman–Crippen LogP) is -0.233. The van der Waals surface area contributed by atoms with E-state index in [1.807, 2.05) is 0 Å². The van der Waals surface area contributed by atoms with E-state index < -0.39 is 115 Å². The predicted molar refractivity (Wildman–Crippen MR) is 221 cm³/mol. The number of carbonyl (C=O) groups is 1. The topological polar surface area (TPSA) is 284 Å². The van der Waals surface area contributed by atoms with E-state index in [2.05, 4.69) is 27.7 Å². The molecule has 0 radical (unpaired) electrons. The van der Waals surface area contributed by atoms with E-state index in [0.29, 0.717) is 24.8 Å². The number of rotatable bonds is 10. The molecule has 4 saturated heterocycles. The molecule has 18 nitrogen and oxygen atoms in total. The lowest BCUT2D eigenvalue weighted by atomic mass is 9.35. The van der Waals surface area contributed by atoms with Crippen molar-refractivity contribution in [1.82, 2.24) is 0 Å². The molecule has 0 aromatic carbocycles. The molecule has 10 N–H and O–H groups in total. The second kappa shape index (κ2) is 17.9. The minimum Gasteiger partial charge on any atom is -0.392 e. The third-order valence-corrected chi connectivity index (χ3v) is 18.3. The zero-order valence-electron chi connectivity index (χ0n) is 37.9. The Balaban J connectivity index is 1.03. The van der Waals surface area contributed by atoms with Gasteiger partial charge in [-0.2, -0.15) is 0 Å². The fraction of sp³-hybridized carbons (Fsp3) is 0.935. The maximum atomic E-state index is 13.9. The fourth-order valence-electron chi connectivity index (χ4n) is 14.5. The Kier molecular flexibility index (Phi) is 13.8. The molecule has 0 amide bonds. The summed E-state index contributed by atoms with van der Waals surface area (Å²) >= 11 is 0. The number of hydrogen-bond acceptors (Lipinski definition) is 18. The van der Waals surface area contributed by atoms with Gasteiger partial charge < -0.3 is 89.0 Å². The standard InChI is InChI=1S/C46H74O18/c1-21(17-47)15-23-16-46(57,41(56)61-23)25-9-12-43(5)24(25)7-8-29-44(43,6)13-10-28-42(3,4)30(11-14-45(28,29)20-48)62-40-37(64-39-35(55)33(53)31(51)22(2)60-39)36(27(50)19-59-40)63-38-34(54)32(52)26(49)18-58-38/h15,20,22-41,47,49-57H,7-14,16-19H2,1-6H3. The van der Waals surface area contributed by atoms with Crippen LogP contribution in [0.5, 0.6) is 0 Å². The molecule has 4 aliphatic carbocycles. The van der Waals surface area contributed by atoms with Crippen molar-refractivity contribution in [1.29, 1.82) is 0 Å². The van der Waals surface area contributed by atoms with Crippen molar-refractivity contribution in [2.45, 2.75) is 203 Å². The zero-order valence-corrected chi connectivity index (χ0v) is 37.9. The summed E-state index contributed by atoms with van der Waals surface area (Å²) in [7, 11) is 0. The van der Waals surface area contributed by atoms with Crippen LogP contribution in [0.4, 0.5) is 0 Å². The van der Waals surface area contributed by atoms with Crippen LogP contribution < -0.4 is 0 Å². The van der Waals surface area contributed by atoms with E-state index in [4.69, 9.17) is 33.2 Å². The number of aldehydes is 1. The third-order valence-electron chi connectivity index (χ3n) is 18.3. The lowest BCUT2D eigenvalue weighted by Gasteiger charge is -2.69. The summed E-state index contributed by atoms with van der Waals surface area (Å²) in [6.45, 7) is 11.3. The first-order valence-corrected chi connectivity index (χ1v) is 23.5. The van der Waals surface area contributed by atoms with Crippen molar-refractivity contribution in [3.63, 3.8) is 0 Å². The van der Waals surface area contributed by atoms with Crippen LogP contribution in [-0.2, 0) is 38.0 Å². The van der Waals surface area contributed by atoms with Crippen molar-refractivity contribution in [2.75, 3.05) is 19.8 Å². The number of fused-ring (bicyclic) bond motifs is 5. The van der Waals surface area contributed by atoms with Crippen LogP contribution >= 0.6 is 0 Å². The Labute approximate surface area is 374 Å². The van der Waals surface area contributed by atoms with Gasteiger partial charge in [-0.1, -0.05) is 33.8 Å². The normalized spacial score (nSPS) is 55.3. The lowest BCUT2D eigenvalue weighted by Crippen LogP contribution is -2.67. The molecular formula is C46H74O18. The molecule has 8 aliphatic rings. The summed E-state index contributed by atoms with van der Waals surface area (Å²) < 4.78 is 42.6. The van der Waals surface area contributed by atoms with Gasteiger partial charge in [-0.05, 0) is 111 Å².